The number of carbonyl (C=O) groups excluding carboxylic acids is 2. The zero-order chi connectivity index (χ0) is 17.0. The summed E-state index contributed by atoms with van der Waals surface area (Å²) in [5.41, 5.74) is 1.06. The molecule has 23 heavy (non-hydrogen) atoms. The average molecular weight is 328 g/mol. The number of rotatable bonds is 5. The number of alkyl halides is 3. The lowest BCUT2D eigenvalue weighted by Crippen LogP contribution is -2.37. The third-order valence-electron chi connectivity index (χ3n) is 3.91. The maximum absolute atomic E-state index is 12.4. The van der Waals surface area contributed by atoms with Gasteiger partial charge in [0.25, 0.3) is 0 Å². The van der Waals surface area contributed by atoms with E-state index < -0.39 is 24.5 Å². The zero-order valence-corrected chi connectivity index (χ0v) is 12.8. The maximum atomic E-state index is 12.4. The molecule has 1 saturated heterocycles. The van der Waals surface area contributed by atoms with Crippen LogP contribution in [0.15, 0.2) is 30.3 Å². The summed E-state index contributed by atoms with van der Waals surface area (Å²) < 4.78 is 37.1. The molecular formula is C16H19F3N2O2. The third kappa shape index (κ3) is 4.97. The van der Waals surface area contributed by atoms with Crippen molar-refractivity contribution in [2.75, 3.05) is 19.6 Å². The van der Waals surface area contributed by atoms with Crippen molar-refractivity contribution in [3.05, 3.63) is 35.9 Å². The van der Waals surface area contributed by atoms with Crippen molar-refractivity contribution in [1.82, 2.24) is 10.2 Å². The molecule has 0 unspecified atom stereocenters. The molecule has 1 fully saturated rings. The molecule has 0 bridgehead atoms. The summed E-state index contributed by atoms with van der Waals surface area (Å²) in [6, 6.07) is 9.59. The summed E-state index contributed by atoms with van der Waals surface area (Å²) >= 11 is 0. The second kappa shape index (κ2) is 7.02. The Morgan fingerprint density at radius 1 is 1.35 bits per heavy atom. The number of nitrogens with zero attached hydrogens (tertiary/aromatic N) is 1. The predicted molar refractivity (Wildman–Crippen MR) is 78.6 cm³/mol. The molecule has 1 aromatic carbocycles. The van der Waals surface area contributed by atoms with E-state index in [4.69, 9.17) is 0 Å². The van der Waals surface area contributed by atoms with Crippen LogP contribution in [0.25, 0.3) is 0 Å². The van der Waals surface area contributed by atoms with Gasteiger partial charge in [-0.1, -0.05) is 37.3 Å². The Kier molecular flexibility index (Phi) is 5.28. The van der Waals surface area contributed by atoms with Crippen LogP contribution in [-0.2, 0) is 9.59 Å². The second-order valence-corrected chi connectivity index (χ2v) is 5.85. The summed E-state index contributed by atoms with van der Waals surface area (Å²) in [5.74, 6) is -1.62. The first kappa shape index (κ1) is 17.3. The second-order valence-electron chi connectivity index (χ2n) is 5.85. The largest absolute Gasteiger partial charge is 0.406 e. The molecule has 2 rings (SSSR count). The Morgan fingerprint density at radius 3 is 2.61 bits per heavy atom. The normalized spacial score (nSPS) is 19.7. The van der Waals surface area contributed by atoms with Gasteiger partial charge in [-0.2, -0.15) is 13.2 Å². The highest BCUT2D eigenvalue weighted by atomic mass is 19.4. The Hall–Kier alpha value is -2.05. The van der Waals surface area contributed by atoms with E-state index in [1.54, 1.807) is 0 Å². The van der Waals surface area contributed by atoms with Gasteiger partial charge in [0.05, 0.1) is 5.92 Å². The van der Waals surface area contributed by atoms with Gasteiger partial charge < -0.3 is 10.2 Å². The SMILES string of the molecule is C[C@H](CNC(=O)[C@@H]1CC(=O)N(CC(F)(F)F)C1)c1ccccc1. The van der Waals surface area contributed by atoms with Crippen molar-refractivity contribution in [2.24, 2.45) is 5.92 Å². The summed E-state index contributed by atoms with van der Waals surface area (Å²) in [6.45, 7) is 0.859. The fourth-order valence-corrected chi connectivity index (χ4v) is 2.61. The fourth-order valence-electron chi connectivity index (χ4n) is 2.61. The molecule has 1 aliphatic rings. The van der Waals surface area contributed by atoms with Crippen molar-refractivity contribution in [3.63, 3.8) is 0 Å². The van der Waals surface area contributed by atoms with Gasteiger partial charge in [-0.05, 0) is 11.5 Å². The molecule has 0 aromatic heterocycles. The molecule has 0 saturated carbocycles. The number of carbonyl (C=O) groups is 2. The lowest BCUT2D eigenvalue weighted by Gasteiger charge is -2.18. The summed E-state index contributed by atoms with van der Waals surface area (Å²) in [7, 11) is 0. The number of amides is 2. The molecule has 1 heterocycles. The van der Waals surface area contributed by atoms with Crippen LogP contribution in [0, 0.1) is 5.92 Å². The van der Waals surface area contributed by atoms with E-state index >= 15 is 0 Å². The number of hydrogen-bond donors (Lipinski definition) is 1. The van der Waals surface area contributed by atoms with E-state index in [1.165, 1.54) is 0 Å². The van der Waals surface area contributed by atoms with Crippen molar-refractivity contribution < 1.29 is 22.8 Å². The minimum atomic E-state index is -4.44. The quantitative estimate of drug-likeness (QED) is 0.902. The molecule has 0 radical (unpaired) electrons. The highest BCUT2D eigenvalue weighted by molar-refractivity contribution is 5.89. The van der Waals surface area contributed by atoms with E-state index in [1.807, 2.05) is 37.3 Å². The van der Waals surface area contributed by atoms with Crippen molar-refractivity contribution in [3.8, 4) is 0 Å². The smallest absolute Gasteiger partial charge is 0.355 e. The van der Waals surface area contributed by atoms with Crippen LogP contribution >= 0.6 is 0 Å². The van der Waals surface area contributed by atoms with E-state index in [9.17, 15) is 22.8 Å². The Bertz CT molecular complexity index is 560. The van der Waals surface area contributed by atoms with Gasteiger partial charge in [-0.25, -0.2) is 0 Å². The molecule has 1 aromatic rings. The van der Waals surface area contributed by atoms with Gasteiger partial charge in [0.15, 0.2) is 0 Å². The van der Waals surface area contributed by atoms with Crippen LogP contribution in [0.5, 0.6) is 0 Å². The van der Waals surface area contributed by atoms with Crippen LogP contribution in [0.3, 0.4) is 0 Å². The lowest BCUT2D eigenvalue weighted by atomic mass is 10.0. The molecule has 4 nitrogen and oxygen atoms in total. The summed E-state index contributed by atoms with van der Waals surface area (Å²) in [5, 5.41) is 2.73. The molecule has 2 amide bonds. The molecular weight excluding hydrogens is 309 g/mol. The Balaban J connectivity index is 1.84. The average Bonchev–Trinajstić information content (AvgIpc) is 2.84. The number of benzene rings is 1. The molecule has 0 aliphatic carbocycles. The van der Waals surface area contributed by atoms with Crippen molar-refractivity contribution in [2.45, 2.75) is 25.4 Å². The molecule has 0 spiro atoms. The first-order chi connectivity index (χ1) is 10.8. The van der Waals surface area contributed by atoms with Crippen LogP contribution in [-0.4, -0.2) is 42.5 Å². The number of nitrogens with one attached hydrogen (secondary N) is 1. The first-order valence-electron chi connectivity index (χ1n) is 7.43. The lowest BCUT2D eigenvalue weighted by molar-refractivity contribution is -0.157. The summed E-state index contributed by atoms with van der Waals surface area (Å²) in [4.78, 5) is 24.3. The number of likely N-dealkylation sites (tertiary alicyclic amines) is 1. The molecule has 1 N–H and O–H groups in total. The van der Waals surface area contributed by atoms with Gasteiger partial charge >= 0.3 is 6.18 Å². The van der Waals surface area contributed by atoms with Gasteiger partial charge in [-0.15, -0.1) is 0 Å². The minimum Gasteiger partial charge on any atom is -0.355 e. The molecule has 1 aliphatic heterocycles. The van der Waals surface area contributed by atoms with Crippen molar-refractivity contribution in [1.29, 1.82) is 0 Å². The van der Waals surface area contributed by atoms with E-state index in [-0.39, 0.29) is 24.8 Å². The fraction of sp³-hybridized carbons (Fsp3) is 0.500. The molecule has 126 valence electrons. The monoisotopic (exact) mass is 328 g/mol. The summed E-state index contributed by atoms with van der Waals surface area (Å²) in [6.07, 6.45) is -4.61. The topological polar surface area (TPSA) is 49.4 Å². The van der Waals surface area contributed by atoms with Crippen LogP contribution in [0.1, 0.15) is 24.8 Å². The van der Waals surface area contributed by atoms with Crippen LogP contribution in [0.2, 0.25) is 0 Å². The number of hydrogen-bond acceptors (Lipinski definition) is 2. The van der Waals surface area contributed by atoms with Gasteiger partial charge in [0, 0.05) is 19.5 Å². The van der Waals surface area contributed by atoms with E-state index in [0.29, 0.717) is 11.4 Å². The van der Waals surface area contributed by atoms with Gasteiger partial charge in [-0.3, -0.25) is 9.59 Å². The standard InChI is InChI=1S/C16H19F3N2O2/c1-11(12-5-3-2-4-6-12)8-20-15(23)13-7-14(22)21(9-13)10-16(17,18)19/h2-6,11,13H,7-10H2,1H3,(H,20,23)/t11-,13-/m1/s1. The van der Waals surface area contributed by atoms with E-state index in [0.717, 1.165) is 5.56 Å². The minimum absolute atomic E-state index is 0.0866. The Morgan fingerprint density at radius 2 is 2.00 bits per heavy atom. The Labute approximate surface area is 132 Å². The van der Waals surface area contributed by atoms with Gasteiger partial charge in [0.1, 0.15) is 6.54 Å². The first-order valence-corrected chi connectivity index (χ1v) is 7.43. The van der Waals surface area contributed by atoms with E-state index in [2.05, 4.69) is 5.32 Å². The maximum Gasteiger partial charge on any atom is 0.406 e. The molecule has 2 atom stereocenters. The highest BCUT2D eigenvalue weighted by Gasteiger charge is 2.40. The highest BCUT2D eigenvalue weighted by Crippen LogP contribution is 2.24. The zero-order valence-electron chi connectivity index (χ0n) is 12.8. The predicted octanol–water partition coefficient (Wildman–Crippen LogP) is 2.32. The van der Waals surface area contributed by atoms with Crippen LogP contribution in [0.4, 0.5) is 13.2 Å². The molecule has 7 heteroatoms. The number of halogens is 3. The van der Waals surface area contributed by atoms with Gasteiger partial charge in [0.2, 0.25) is 11.8 Å². The third-order valence-corrected chi connectivity index (χ3v) is 3.91. The van der Waals surface area contributed by atoms with Crippen molar-refractivity contribution >= 4 is 11.8 Å². The van der Waals surface area contributed by atoms with Crippen LogP contribution < -0.4 is 5.32 Å².